The molecule has 2 aromatic rings. The van der Waals surface area contributed by atoms with Crippen molar-refractivity contribution in [3.63, 3.8) is 0 Å². The Labute approximate surface area is 108 Å². The molecule has 0 radical (unpaired) electrons. The number of rotatable bonds is 0. The number of fused-ring (bicyclic) bond motifs is 3. The molecule has 1 aromatic heterocycles. The van der Waals surface area contributed by atoms with E-state index in [0.717, 1.165) is 12.5 Å². The Morgan fingerprint density at radius 1 is 1.28 bits per heavy atom. The summed E-state index contributed by atoms with van der Waals surface area (Å²) in [6, 6.07) is 6.96. The Morgan fingerprint density at radius 3 is 3.06 bits per heavy atom. The van der Waals surface area contributed by atoms with Crippen molar-refractivity contribution in [2.24, 2.45) is 0 Å². The van der Waals surface area contributed by atoms with Crippen LogP contribution in [0.25, 0.3) is 10.9 Å². The summed E-state index contributed by atoms with van der Waals surface area (Å²) >= 11 is 0. The van der Waals surface area contributed by atoms with Crippen LogP contribution >= 0.6 is 0 Å². The third-order valence-corrected chi connectivity index (χ3v) is 4.65. The summed E-state index contributed by atoms with van der Waals surface area (Å²) in [7, 11) is 2.26. The first-order valence-electron chi connectivity index (χ1n) is 7.04. The van der Waals surface area contributed by atoms with Crippen LogP contribution in [0.4, 0.5) is 0 Å². The quantitative estimate of drug-likeness (QED) is 0.686. The second-order valence-electron chi connectivity index (χ2n) is 6.07. The summed E-state index contributed by atoms with van der Waals surface area (Å²) in [5.74, 6) is 0.764. The van der Waals surface area contributed by atoms with Crippen molar-refractivity contribution in [2.45, 2.75) is 38.8 Å². The zero-order valence-corrected chi connectivity index (χ0v) is 11.2. The first kappa shape index (κ1) is 10.6. The molecule has 94 valence electrons. The van der Waals surface area contributed by atoms with Gasteiger partial charge in [-0.05, 0) is 44.5 Å². The van der Waals surface area contributed by atoms with Crippen molar-refractivity contribution < 1.29 is 0 Å². The highest BCUT2D eigenvalue weighted by Crippen LogP contribution is 2.41. The van der Waals surface area contributed by atoms with E-state index in [9.17, 15) is 0 Å². The average molecular weight is 240 g/mol. The van der Waals surface area contributed by atoms with Crippen LogP contribution in [0.2, 0.25) is 0 Å². The standard InChI is InChI=1S/C16H20N2/c1-11-5-6-15-13(8-11)14-10-17(2)9-12-4-3-7-18(15)16(12)14/h5-6,8,12H,3-4,7,9-10H2,1-2H3. The third kappa shape index (κ3) is 1.33. The molecule has 1 aromatic carbocycles. The monoisotopic (exact) mass is 240 g/mol. The van der Waals surface area contributed by atoms with Gasteiger partial charge in [-0.25, -0.2) is 0 Å². The van der Waals surface area contributed by atoms with E-state index in [-0.39, 0.29) is 0 Å². The second-order valence-corrected chi connectivity index (χ2v) is 6.07. The van der Waals surface area contributed by atoms with Crippen LogP contribution in [0.5, 0.6) is 0 Å². The molecule has 4 rings (SSSR count). The zero-order valence-electron chi connectivity index (χ0n) is 11.2. The molecule has 0 fully saturated rings. The highest BCUT2D eigenvalue weighted by Gasteiger charge is 2.31. The summed E-state index contributed by atoms with van der Waals surface area (Å²) in [5.41, 5.74) is 6.10. The van der Waals surface area contributed by atoms with Crippen LogP contribution in [0.3, 0.4) is 0 Å². The summed E-state index contributed by atoms with van der Waals surface area (Å²) in [6.45, 7) is 5.78. The SMILES string of the molecule is Cc1ccc2c(c1)c1c3n2CCCC3CN(C)C1. The number of likely N-dealkylation sites (N-methyl/N-ethyl adjacent to an activating group) is 1. The molecule has 2 aliphatic rings. The lowest BCUT2D eigenvalue weighted by Gasteiger charge is -2.34. The van der Waals surface area contributed by atoms with E-state index in [1.807, 2.05) is 0 Å². The van der Waals surface area contributed by atoms with Crippen molar-refractivity contribution >= 4 is 10.9 Å². The van der Waals surface area contributed by atoms with E-state index >= 15 is 0 Å². The van der Waals surface area contributed by atoms with Gasteiger partial charge in [0.1, 0.15) is 0 Å². The molecule has 0 saturated heterocycles. The Balaban J connectivity index is 2.08. The Kier molecular flexibility index (Phi) is 2.13. The molecule has 0 saturated carbocycles. The summed E-state index contributed by atoms with van der Waals surface area (Å²) in [5, 5.41) is 1.50. The Hall–Kier alpha value is -1.28. The minimum absolute atomic E-state index is 0.764. The molecule has 2 nitrogen and oxygen atoms in total. The zero-order chi connectivity index (χ0) is 12.3. The van der Waals surface area contributed by atoms with E-state index in [1.165, 1.54) is 42.4 Å². The smallest absolute Gasteiger partial charge is 0.0486 e. The van der Waals surface area contributed by atoms with E-state index < -0.39 is 0 Å². The molecule has 2 heteroatoms. The van der Waals surface area contributed by atoms with Crippen LogP contribution < -0.4 is 0 Å². The van der Waals surface area contributed by atoms with Gasteiger partial charge in [-0.2, -0.15) is 0 Å². The molecule has 1 atom stereocenters. The Morgan fingerprint density at radius 2 is 2.17 bits per heavy atom. The highest BCUT2D eigenvalue weighted by atomic mass is 15.1. The molecule has 0 N–H and O–H groups in total. The fourth-order valence-corrected chi connectivity index (χ4v) is 3.95. The number of benzene rings is 1. The lowest BCUT2D eigenvalue weighted by atomic mass is 9.89. The van der Waals surface area contributed by atoms with Crippen molar-refractivity contribution in [3.8, 4) is 0 Å². The van der Waals surface area contributed by atoms with Crippen molar-refractivity contribution in [1.29, 1.82) is 0 Å². The first-order valence-corrected chi connectivity index (χ1v) is 7.04. The minimum Gasteiger partial charge on any atom is -0.344 e. The largest absolute Gasteiger partial charge is 0.344 e. The number of hydrogen-bond donors (Lipinski definition) is 0. The summed E-state index contributed by atoms with van der Waals surface area (Å²) in [4.78, 5) is 2.49. The van der Waals surface area contributed by atoms with E-state index in [4.69, 9.17) is 0 Å². The fraction of sp³-hybridized carbons (Fsp3) is 0.500. The molecule has 18 heavy (non-hydrogen) atoms. The van der Waals surface area contributed by atoms with Gasteiger partial charge in [-0.1, -0.05) is 11.6 Å². The third-order valence-electron chi connectivity index (χ3n) is 4.65. The van der Waals surface area contributed by atoms with Gasteiger partial charge in [0.05, 0.1) is 0 Å². The van der Waals surface area contributed by atoms with Gasteiger partial charge in [0, 0.05) is 42.1 Å². The lowest BCUT2D eigenvalue weighted by molar-refractivity contribution is 0.254. The van der Waals surface area contributed by atoms with Crippen LogP contribution in [0, 0.1) is 6.92 Å². The molecule has 2 aliphatic heterocycles. The second kappa shape index (κ2) is 3.61. The predicted octanol–water partition coefficient (Wildman–Crippen LogP) is 3.27. The van der Waals surface area contributed by atoms with Gasteiger partial charge < -0.3 is 9.47 Å². The highest BCUT2D eigenvalue weighted by molar-refractivity contribution is 5.87. The van der Waals surface area contributed by atoms with Gasteiger partial charge in [0.15, 0.2) is 0 Å². The van der Waals surface area contributed by atoms with Crippen LogP contribution in [-0.4, -0.2) is 23.1 Å². The molecule has 0 bridgehead atoms. The van der Waals surface area contributed by atoms with Crippen molar-refractivity contribution in [3.05, 3.63) is 35.0 Å². The molecular weight excluding hydrogens is 220 g/mol. The predicted molar refractivity (Wildman–Crippen MR) is 75.0 cm³/mol. The maximum absolute atomic E-state index is 2.60. The van der Waals surface area contributed by atoms with Crippen molar-refractivity contribution in [1.82, 2.24) is 9.47 Å². The normalized spacial score (nSPS) is 23.3. The summed E-state index contributed by atoms with van der Waals surface area (Å²) in [6.07, 6.45) is 2.70. The Bertz CT molecular complexity index is 624. The average Bonchev–Trinajstić information content (AvgIpc) is 2.65. The lowest BCUT2D eigenvalue weighted by Crippen LogP contribution is -2.33. The van der Waals surface area contributed by atoms with Crippen LogP contribution in [-0.2, 0) is 13.1 Å². The maximum Gasteiger partial charge on any atom is 0.0486 e. The minimum atomic E-state index is 0.764. The van der Waals surface area contributed by atoms with Crippen LogP contribution in [0.15, 0.2) is 18.2 Å². The van der Waals surface area contributed by atoms with Crippen molar-refractivity contribution in [2.75, 3.05) is 13.6 Å². The maximum atomic E-state index is 2.60. The van der Waals surface area contributed by atoms with E-state index in [1.54, 1.807) is 11.3 Å². The molecule has 0 aliphatic carbocycles. The molecule has 0 spiro atoms. The molecular formula is C16H20N2. The first-order chi connectivity index (χ1) is 8.74. The van der Waals surface area contributed by atoms with Gasteiger partial charge in [0.2, 0.25) is 0 Å². The molecule has 3 heterocycles. The van der Waals surface area contributed by atoms with Gasteiger partial charge >= 0.3 is 0 Å². The van der Waals surface area contributed by atoms with E-state index in [2.05, 4.69) is 41.6 Å². The van der Waals surface area contributed by atoms with Gasteiger partial charge in [-0.15, -0.1) is 0 Å². The fourth-order valence-electron chi connectivity index (χ4n) is 3.95. The number of aryl methyl sites for hydroxylation is 2. The van der Waals surface area contributed by atoms with E-state index in [0.29, 0.717) is 0 Å². The van der Waals surface area contributed by atoms with Crippen LogP contribution in [0.1, 0.15) is 35.6 Å². The summed E-state index contributed by atoms with van der Waals surface area (Å²) < 4.78 is 2.60. The topological polar surface area (TPSA) is 8.17 Å². The number of aromatic nitrogens is 1. The molecule has 1 unspecified atom stereocenters. The number of hydrogen-bond acceptors (Lipinski definition) is 1. The van der Waals surface area contributed by atoms with Gasteiger partial charge in [-0.3, -0.25) is 0 Å². The van der Waals surface area contributed by atoms with Gasteiger partial charge in [0.25, 0.3) is 0 Å². The molecule has 0 amide bonds. The number of nitrogens with zero attached hydrogens (tertiary/aromatic N) is 2.